The smallest absolute Gasteiger partial charge is 0.310 e. The fourth-order valence-electron chi connectivity index (χ4n) is 3.28. The molecule has 1 unspecified atom stereocenters. The number of anilines is 1. The van der Waals surface area contributed by atoms with Gasteiger partial charge in [-0.15, -0.1) is 0 Å². The zero-order valence-electron chi connectivity index (χ0n) is 15.6. The fourth-order valence-corrected chi connectivity index (χ4v) is 5.02. The lowest BCUT2D eigenvalue weighted by molar-refractivity contribution is -0.140. The number of rotatable bonds is 4. The number of hydrogen-bond acceptors (Lipinski definition) is 4. The van der Waals surface area contributed by atoms with Crippen LogP contribution in [-0.2, 0) is 21.0 Å². The lowest BCUT2D eigenvalue weighted by Crippen LogP contribution is -2.44. The molecule has 1 aromatic carbocycles. The number of halogens is 3. The first kappa shape index (κ1) is 21.3. The fraction of sp³-hybridized carbons (Fsp3) is 0.368. The second-order valence-electron chi connectivity index (χ2n) is 6.85. The Balaban J connectivity index is 1.81. The van der Waals surface area contributed by atoms with E-state index in [1.807, 2.05) is 0 Å². The van der Waals surface area contributed by atoms with Crippen LogP contribution in [0.1, 0.15) is 24.1 Å². The molecule has 29 heavy (non-hydrogen) atoms. The van der Waals surface area contributed by atoms with Gasteiger partial charge in [0.05, 0.1) is 16.4 Å². The molecule has 1 fully saturated rings. The molecule has 1 amide bonds. The highest BCUT2D eigenvalue weighted by Crippen LogP contribution is 2.36. The summed E-state index contributed by atoms with van der Waals surface area (Å²) in [6.45, 7) is 1.63. The number of alkyl halides is 3. The van der Waals surface area contributed by atoms with Gasteiger partial charge >= 0.3 is 6.18 Å². The minimum Gasteiger partial charge on any atom is -0.310 e. The van der Waals surface area contributed by atoms with Crippen molar-refractivity contribution in [3.8, 4) is 0 Å². The molecule has 1 aliphatic rings. The van der Waals surface area contributed by atoms with E-state index in [1.165, 1.54) is 6.07 Å². The Morgan fingerprint density at radius 1 is 1.17 bits per heavy atom. The van der Waals surface area contributed by atoms with E-state index in [1.54, 1.807) is 25.1 Å². The number of aromatic nitrogens is 1. The number of aryl methyl sites for hydroxylation is 1. The number of benzene rings is 1. The maximum Gasteiger partial charge on any atom is 0.417 e. The number of piperidine rings is 1. The molecule has 0 aliphatic carbocycles. The van der Waals surface area contributed by atoms with Crippen LogP contribution in [-0.4, -0.2) is 36.7 Å². The second kappa shape index (κ2) is 8.11. The number of pyridine rings is 1. The predicted octanol–water partition coefficient (Wildman–Crippen LogP) is 3.45. The van der Waals surface area contributed by atoms with Gasteiger partial charge in [-0.05, 0) is 44.0 Å². The largest absolute Gasteiger partial charge is 0.417 e. The van der Waals surface area contributed by atoms with Gasteiger partial charge in [0, 0.05) is 18.8 Å². The zero-order valence-corrected chi connectivity index (χ0v) is 16.4. The third-order valence-electron chi connectivity index (χ3n) is 4.70. The van der Waals surface area contributed by atoms with Crippen LogP contribution in [0.5, 0.6) is 0 Å². The van der Waals surface area contributed by atoms with E-state index >= 15 is 0 Å². The molecule has 10 heteroatoms. The molecule has 0 saturated carbocycles. The summed E-state index contributed by atoms with van der Waals surface area (Å²) in [7, 11) is -4.40. The molecular formula is C19H20F3N3O3S. The first-order valence-corrected chi connectivity index (χ1v) is 10.4. The van der Waals surface area contributed by atoms with Gasteiger partial charge in [-0.3, -0.25) is 4.79 Å². The van der Waals surface area contributed by atoms with Crippen LogP contribution < -0.4 is 5.32 Å². The average molecular weight is 427 g/mol. The van der Waals surface area contributed by atoms with Gasteiger partial charge in [0.25, 0.3) is 0 Å². The van der Waals surface area contributed by atoms with Crippen molar-refractivity contribution in [1.29, 1.82) is 0 Å². The molecule has 1 aromatic heterocycles. The molecule has 1 N–H and O–H groups in total. The lowest BCUT2D eigenvalue weighted by atomic mass is 9.99. The van der Waals surface area contributed by atoms with Crippen LogP contribution in [0, 0.1) is 12.8 Å². The Labute approximate surface area is 166 Å². The Hall–Kier alpha value is -2.46. The van der Waals surface area contributed by atoms with Crippen LogP contribution in [0.3, 0.4) is 0 Å². The Morgan fingerprint density at radius 2 is 1.90 bits per heavy atom. The minimum absolute atomic E-state index is 0.0565. The second-order valence-corrected chi connectivity index (χ2v) is 8.76. The summed E-state index contributed by atoms with van der Waals surface area (Å²) in [4.78, 5) is 15.9. The lowest BCUT2D eigenvalue weighted by Gasteiger charge is -2.31. The van der Waals surface area contributed by atoms with Gasteiger partial charge in [-0.25, -0.2) is 13.4 Å². The van der Waals surface area contributed by atoms with Gasteiger partial charge in [0.2, 0.25) is 15.9 Å². The first-order valence-electron chi connectivity index (χ1n) is 9.00. The van der Waals surface area contributed by atoms with Crippen molar-refractivity contribution in [2.75, 3.05) is 18.4 Å². The highest BCUT2D eigenvalue weighted by molar-refractivity contribution is 7.89. The predicted molar refractivity (Wildman–Crippen MR) is 101 cm³/mol. The van der Waals surface area contributed by atoms with Crippen molar-refractivity contribution in [1.82, 2.24) is 9.29 Å². The number of amides is 1. The van der Waals surface area contributed by atoms with Crippen molar-refractivity contribution in [2.24, 2.45) is 5.92 Å². The van der Waals surface area contributed by atoms with Crippen LogP contribution >= 0.6 is 0 Å². The van der Waals surface area contributed by atoms with E-state index in [0.717, 1.165) is 22.5 Å². The Kier molecular flexibility index (Phi) is 5.95. The maximum atomic E-state index is 13.3. The molecule has 0 bridgehead atoms. The molecule has 1 atom stereocenters. The summed E-state index contributed by atoms with van der Waals surface area (Å²) in [5.74, 6) is -0.747. The van der Waals surface area contributed by atoms with E-state index < -0.39 is 38.5 Å². The SMILES string of the molecule is Cc1cccc(NC(=O)C2CCCN(S(=O)(=O)c3ccccc3C(F)(F)F)C2)n1. The summed E-state index contributed by atoms with van der Waals surface area (Å²) in [5.41, 5.74) is -0.505. The summed E-state index contributed by atoms with van der Waals surface area (Å²) in [5, 5.41) is 2.65. The Morgan fingerprint density at radius 3 is 2.59 bits per heavy atom. The van der Waals surface area contributed by atoms with E-state index in [4.69, 9.17) is 0 Å². The summed E-state index contributed by atoms with van der Waals surface area (Å²) >= 11 is 0. The minimum atomic E-state index is -4.80. The number of nitrogens with one attached hydrogen (secondary N) is 1. The highest BCUT2D eigenvalue weighted by Gasteiger charge is 2.40. The van der Waals surface area contributed by atoms with Gasteiger partial charge in [0.15, 0.2) is 0 Å². The summed E-state index contributed by atoms with van der Waals surface area (Å²) < 4.78 is 66.6. The quantitative estimate of drug-likeness (QED) is 0.811. The molecule has 1 saturated heterocycles. The number of carbonyl (C=O) groups is 1. The van der Waals surface area contributed by atoms with Crippen LogP contribution in [0.25, 0.3) is 0 Å². The van der Waals surface area contributed by atoms with Crippen molar-refractivity contribution >= 4 is 21.7 Å². The third kappa shape index (κ3) is 4.76. The normalized spacial score (nSPS) is 18.4. The molecule has 0 spiro atoms. The maximum absolute atomic E-state index is 13.3. The number of carbonyl (C=O) groups excluding carboxylic acids is 1. The highest BCUT2D eigenvalue weighted by atomic mass is 32.2. The van der Waals surface area contributed by atoms with Crippen molar-refractivity contribution in [3.05, 3.63) is 53.7 Å². The molecule has 2 heterocycles. The van der Waals surface area contributed by atoms with Crippen molar-refractivity contribution < 1.29 is 26.4 Å². The van der Waals surface area contributed by atoms with Crippen LogP contribution in [0.15, 0.2) is 47.4 Å². The number of hydrogen-bond donors (Lipinski definition) is 1. The van der Waals surface area contributed by atoms with E-state index in [0.29, 0.717) is 24.4 Å². The van der Waals surface area contributed by atoms with E-state index in [9.17, 15) is 26.4 Å². The van der Waals surface area contributed by atoms with E-state index in [2.05, 4.69) is 10.3 Å². The van der Waals surface area contributed by atoms with E-state index in [-0.39, 0.29) is 13.1 Å². The molecule has 3 rings (SSSR count). The van der Waals surface area contributed by atoms with Crippen LogP contribution in [0.2, 0.25) is 0 Å². The molecule has 1 aliphatic heterocycles. The number of nitrogens with zero attached hydrogens (tertiary/aromatic N) is 2. The third-order valence-corrected chi connectivity index (χ3v) is 6.63. The topological polar surface area (TPSA) is 79.4 Å². The van der Waals surface area contributed by atoms with Gasteiger partial charge < -0.3 is 5.32 Å². The average Bonchev–Trinajstić information content (AvgIpc) is 2.67. The first-order chi connectivity index (χ1) is 13.6. The summed E-state index contributed by atoms with van der Waals surface area (Å²) in [6, 6.07) is 9.18. The van der Waals surface area contributed by atoms with Gasteiger partial charge in [0.1, 0.15) is 5.82 Å². The van der Waals surface area contributed by atoms with Crippen molar-refractivity contribution in [2.45, 2.75) is 30.8 Å². The molecule has 156 valence electrons. The monoisotopic (exact) mass is 427 g/mol. The molecular weight excluding hydrogens is 407 g/mol. The van der Waals surface area contributed by atoms with Gasteiger partial charge in [-0.1, -0.05) is 18.2 Å². The van der Waals surface area contributed by atoms with Crippen molar-refractivity contribution in [3.63, 3.8) is 0 Å². The molecule has 6 nitrogen and oxygen atoms in total. The van der Waals surface area contributed by atoms with Crippen LogP contribution in [0.4, 0.5) is 19.0 Å². The number of sulfonamides is 1. The standard InChI is InChI=1S/C19H20F3N3O3S/c1-13-6-4-10-17(23-13)24-18(26)14-7-5-11-25(12-14)29(27,28)16-9-3-2-8-15(16)19(20,21)22/h2-4,6,8-10,14H,5,7,11-12H2,1H3,(H,23,24,26). The molecule has 2 aromatic rings. The summed E-state index contributed by atoms with van der Waals surface area (Å²) in [6.07, 6.45) is -4.00. The molecule has 0 radical (unpaired) electrons. The van der Waals surface area contributed by atoms with Gasteiger partial charge in [-0.2, -0.15) is 17.5 Å². The zero-order chi connectivity index (χ0) is 21.2. The Bertz CT molecular complexity index is 1010.